The molecule has 5 aromatic carbocycles. The van der Waals surface area contributed by atoms with Crippen LogP contribution in [-0.2, 0) is 33.5 Å². The molecule has 5 N–H and O–H groups in total. The van der Waals surface area contributed by atoms with Gasteiger partial charge >= 0.3 is 6.18 Å². The summed E-state index contributed by atoms with van der Waals surface area (Å²) in [5.74, 6) is 0.580. The van der Waals surface area contributed by atoms with E-state index in [1.807, 2.05) is 50.4 Å². The molecule has 0 aromatic heterocycles. The molecule has 0 radical (unpaired) electrons. The number of hydrogen-bond donors (Lipinski definition) is 4. The first-order valence-electron chi connectivity index (χ1n) is 21.4. The van der Waals surface area contributed by atoms with Crippen molar-refractivity contribution in [3.8, 4) is 11.5 Å². The Morgan fingerprint density at radius 3 is 2.15 bits per heavy atom. The van der Waals surface area contributed by atoms with Crippen molar-refractivity contribution in [2.24, 2.45) is 5.73 Å². The van der Waals surface area contributed by atoms with Crippen molar-refractivity contribution >= 4 is 47.9 Å². The number of fused-ring (bicyclic) bond motifs is 1. The Morgan fingerprint density at radius 1 is 0.862 bits per heavy atom. The van der Waals surface area contributed by atoms with Crippen LogP contribution >= 0.6 is 0 Å². The number of ether oxygens (including phenoxy) is 1. The van der Waals surface area contributed by atoms with E-state index in [1.165, 1.54) is 30.3 Å². The molecule has 1 unspecified atom stereocenters. The number of alkyl halides is 3. The number of aldehydes is 1. The number of nitrogens with two attached hydrogens (primary N) is 1. The quantitative estimate of drug-likeness (QED) is 0.0421. The molecule has 348 valence electrons. The van der Waals surface area contributed by atoms with E-state index in [9.17, 15) is 32.3 Å². The Hall–Kier alpha value is -6.96. The van der Waals surface area contributed by atoms with Crippen molar-refractivity contribution in [3.05, 3.63) is 149 Å². The molecule has 11 nitrogen and oxygen atoms in total. The highest BCUT2D eigenvalue weighted by Crippen LogP contribution is 2.34. The van der Waals surface area contributed by atoms with Gasteiger partial charge in [-0.1, -0.05) is 87.7 Å². The zero-order valence-electron chi connectivity index (χ0n) is 37.7. The summed E-state index contributed by atoms with van der Waals surface area (Å²) >= 11 is 0. The molecule has 0 spiro atoms. The van der Waals surface area contributed by atoms with Crippen LogP contribution in [0.4, 0.5) is 18.9 Å². The fraction of sp³-hybridized carbons (Fsp3) is 0.314. The van der Waals surface area contributed by atoms with Crippen molar-refractivity contribution in [3.63, 3.8) is 0 Å². The Labute approximate surface area is 380 Å². The number of carbonyl (C=O) groups excluding carboxylic acids is 5. The molecule has 4 amide bonds. The van der Waals surface area contributed by atoms with Crippen LogP contribution in [0.5, 0.6) is 11.5 Å². The molecule has 0 heterocycles. The van der Waals surface area contributed by atoms with Crippen molar-refractivity contribution in [2.75, 3.05) is 18.9 Å². The lowest BCUT2D eigenvalue weighted by Gasteiger charge is -2.18. The summed E-state index contributed by atoms with van der Waals surface area (Å²) in [6.45, 7) is 10.6. The van der Waals surface area contributed by atoms with Gasteiger partial charge in [0.15, 0.2) is 0 Å². The molecule has 0 fully saturated rings. The van der Waals surface area contributed by atoms with E-state index in [1.54, 1.807) is 35.2 Å². The lowest BCUT2D eigenvalue weighted by Crippen LogP contribution is -2.26. The standard InChI is InChI=1S/C40H39F3N2O3.C7H15NO.C3H5NO.CH3NO/c1-28-33(27-46)14-8-15-37(28)44-23-6-4-2-3-5-10-29-11-7-12-30(24-29)26-45-39(47)32-17-22-36-31(25-32)13-9-16-38(36)48-35-20-18-34(19-21-35)40(41,42)43;1-4-5-7(2)8(3)6-9;1-2-4-3-5;2-1-3/h7-9,11-22,24-25,27,44H,2-6,10,23,26H2,1H3,(H,45,47);6-7H,4-5H2,1-3H3;2-3H,1H2,(H,4,5);1H,(H2,2,3). The first-order chi connectivity index (χ1) is 31.3. The number of benzene rings is 5. The molecular formula is C51H62F3N5O6. The second-order valence-electron chi connectivity index (χ2n) is 14.9. The predicted molar refractivity (Wildman–Crippen MR) is 253 cm³/mol. The molecule has 5 aromatic rings. The van der Waals surface area contributed by atoms with E-state index in [0.717, 1.165) is 109 Å². The second-order valence-corrected chi connectivity index (χ2v) is 14.9. The summed E-state index contributed by atoms with van der Waals surface area (Å²) in [6, 6.07) is 29.7. The van der Waals surface area contributed by atoms with Gasteiger partial charge in [0.1, 0.15) is 17.8 Å². The van der Waals surface area contributed by atoms with Crippen molar-refractivity contribution < 1.29 is 41.9 Å². The Bertz CT molecular complexity index is 2230. The maximum Gasteiger partial charge on any atom is 0.416 e. The van der Waals surface area contributed by atoms with E-state index >= 15 is 0 Å². The largest absolute Gasteiger partial charge is 0.457 e. The Kier molecular flexibility index (Phi) is 25.2. The van der Waals surface area contributed by atoms with Crippen molar-refractivity contribution in [1.82, 2.24) is 15.5 Å². The fourth-order valence-electron chi connectivity index (χ4n) is 6.46. The molecule has 0 bridgehead atoms. The second kappa shape index (κ2) is 30.2. The highest BCUT2D eigenvalue weighted by Gasteiger charge is 2.30. The highest BCUT2D eigenvalue weighted by atomic mass is 19.4. The zero-order chi connectivity index (χ0) is 48.0. The van der Waals surface area contributed by atoms with Crippen LogP contribution in [0.1, 0.15) is 102 Å². The molecule has 0 aliphatic rings. The average molecular weight is 898 g/mol. The van der Waals surface area contributed by atoms with E-state index in [-0.39, 0.29) is 12.3 Å². The molecule has 0 saturated carbocycles. The molecule has 0 aliphatic carbocycles. The van der Waals surface area contributed by atoms with Gasteiger partial charge in [0.2, 0.25) is 19.2 Å². The monoisotopic (exact) mass is 897 g/mol. The number of primary amides is 1. The number of unbranched alkanes of at least 4 members (excludes halogenated alkanes) is 4. The van der Waals surface area contributed by atoms with Gasteiger partial charge < -0.3 is 31.3 Å². The fourth-order valence-corrected chi connectivity index (χ4v) is 6.46. The third-order valence-corrected chi connectivity index (χ3v) is 10.2. The van der Waals surface area contributed by atoms with Gasteiger partial charge in [-0.2, -0.15) is 13.2 Å². The number of anilines is 1. The van der Waals surface area contributed by atoms with Gasteiger partial charge in [-0.05, 0) is 122 Å². The van der Waals surface area contributed by atoms with Crippen LogP contribution in [0.15, 0.2) is 116 Å². The number of halogens is 3. The summed E-state index contributed by atoms with van der Waals surface area (Å²) < 4.78 is 44.6. The average Bonchev–Trinajstić information content (AvgIpc) is 3.30. The topological polar surface area (TPSA) is 160 Å². The van der Waals surface area contributed by atoms with Crippen LogP contribution in [0.25, 0.3) is 10.8 Å². The van der Waals surface area contributed by atoms with E-state index in [2.05, 4.69) is 54.2 Å². The summed E-state index contributed by atoms with van der Waals surface area (Å²) in [6.07, 6.45) is 8.35. The molecular weight excluding hydrogens is 836 g/mol. The lowest BCUT2D eigenvalue weighted by atomic mass is 10.0. The number of amides is 4. The molecule has 5 rings (SSSR count). The van der Waals surface area contributed by atoms with Crippen molar-refractivity contribution in [2.45, 2.75) is 90.9 Å². The van der Waals surface area contributed by atoms with Crippen LogP contribution < -0.4 is 26.4 Å². The Balaban J connectivity index is 0.000000726. The minimum atomic E-state index is -4.41. The third kappa shape index (κ3) is 20.0. The molecule has 0 aliphatic heterocycles. The maximum atomic E-state index is 13.0. The van der Waals surface area contributed by atoms with Crippen molar-refractivity contribution in [1.29, 1.82) is 0 Å². The number of nitrogens with zero attached hydrogens (tertiary/aromatic N) is 1. The van der Waals surface area contributed by atoms with Gasteiger partial charge in [-0.15, -0.1) is 0 Å². The van der Waals surface area contributed by atoms with Gasteiger partial charge in [-0.25, -0.2) is 0 Å². The highest BCUT2D eigenvalue weighted by molar-refractivity contribution is 6.00. The minimum Gasteiger partial charge on any atom is -0.457 e. The normalized spacial score (nSPS) is 10.8. The predicted octanol–water partition coefficient (Wildman–Crippen LogP) is 10.5. The number of aryl methyl sites for hydroxylation is 1. The van der Waals surface area contributed by atoms with Crippen LogP contribution in [-0.4, -0.2) is 56.0 Å². The van der Waals surface area contributed by atoms with Gasteiger partial charge in [0.05, 0.1) is 5.56 Å². The first kappa shape index (κ1) is 54.2. The molecule has 14 heteroatoms. The number of rotatable bonds is 21. The van der Waals surface area contributed by atoms with Gasteiger partial charge in [0, 0.05) is 48.4 Å². The SMILES string of the molecule is C=CNC=O.CCCC(C)N(C)C=O.Cc1c(C=O)cccc1NCCCCCCCc1cccc(CNC(=O)c2ccc3c(Oc4ccc(C(F)(F)F)cc4)cccc3c2)c1.NC=O. The third-order valence-electron chi connectivity index (χ3n) is 10.2. The Morgan fingerprint density at radius 2 is 1.52 bits per heavy atom. The first-order valence-corrected chi connectivity index (χ1v) is 21.4. The van der Waals surface area contributed by atoms with E-state index < -0.39 is 11.7 Å². The summed E-state index contributed by atoms with van der Waals surface area (Å²) in [5, 5.41) is 10.2. The molecule has 0 saturated heterocycles. The number of nitrogens with one attached hydrogen (secondary N) is 3. The minimum absolute atomic E-state index is 0.197. The molecule has 1 atom stereocenters. The van der Waals surface area contributed by atoms with E-state index in [4.69, 9.17) is 9.53 Å². The lowest BCUT2D eigenvalue weighted by molar-refractivity contribution is -0.137. The van der Waals surface area contributed by atoms with E-state index in [0.29, 0.717) is 36.1 Å². The maximum absolute atomic E-state index is 13.0. The zero-order valence-corrected chi connectivity index (χ0v) is 37.7. The van der Waals surface area contributed by atoms with Crippen LogP contribution in [0.2, 0.25) is 0 Å². The number of hydrogen-bond acceptors (Lipinski definition) is 7. The summed E-state index contributed by atoms with van der Waals surface area (Å²) in [5.41, 5.74) is 8.96. The number of carbonyl (C=O) groups is 5. The smallest absolute Gasteiger partial charge is 0.416 e. The molecule has 65 heavy (non-hydrogen) atoms. The van der Waals surface area contributed by atoms with Gasteiger partial charge in [0.25, 0.3) is 5.91 Å². The van der Waals surface area contributed by atoms with Crippen LogP contribution in [0.3, 0.4) is 0 Å². The summed E-state index contributed by atoms with van der Waals surface area (Å²) in [4.78, 5) is 53.8. The summed E-state index contributed by atoms with van der Waals surface area (Å²) in [7, 11) is 1.81. The van der Waals surface area contributed by atoms with Crippen LogP contribution in [0, 0.1) is 6.92 Å². The van der Waals surface area contributed by atoms with Gasteiger partial charge in [-0.3, -0.25) is 24.0 Å².